The van der Waals surface area contributed by atoms with Crippen molar-refractivity contribution in [2.75, 3.05) is 20.2 Å². The van der Waals surface area contributed by atoms with Gasteiger partial charge in [-0.1, -0.05) is 26.7 Å². The zero-order chi connectivity index (χ0) is 16.6. The van der Waals surface area contributed by atoms with Crippen LogP contribution in [0, 0.1) is 0 Å². The summed E-state index contributed by atoms with van der Waals surface area (Å²) in [5, 5.41) is 2.79. The first-order chi connectivity index (χ1) is 10.5. The lowest BCUT2D eigenvalue weighted by Gasteiger charge is -2.12. The Morgan fingerprint density at radius 1 is 1.23 bits per heavy atom. The number of carbonyl (C=O) groups excluding carboxylic acids is 1. The zero-order valence-corrected chi connectivity index (χ0v) is 14.1. The third-order valence-electron chi connectivity index (χ3n) is 3.12. The highest BCUT2D eigenvalue weighted by Crippen LogP contribution is 2.24. The van der Waals surface area contributed by atoms with Crippen LogP contribution in [0.15, 0.2) is 23.1 Å². The molecule has 0 heterocycles. The standard InChI is InChI=1S/C15H24N2O4S/c1-4-6-7-10-16-15(18)12-8-9-13(21-3)14(11-12)22(19,20)17-5-2/h8-9,11,17H,4-7,10H2,1-3H3,(H,16,18). The molecule has 124 valence electrons. The molecule has 0 spiro atoms. The average Bonchev–Trinajstić information content (AvgIpc) is 2.50. The summed E-state index contributed by atoms with van der Waals surface area (Å²) in [5.74, 6) is -0.0739. The maximum absolute atomic E-state index is 12.2. The maximum atomic E-state index is 12.2. The summed E-state index contributed by atoms with van der Waals surface area (Å²) in [5.41, 5.74) is 0.300. The summed E-state index contributed by atoms with van der Waals surface area (Å²) in [6.07, 6.45) is 3.02. The number of benzene rings is 1. The van der Waals surface area contributed by atoms with Crippen molar-refractivity contribution < 1.29 is 17.9 Å². The fourth-order valence-electron chi connectivity index (χ4n) is 1.97. The molecule has 0 aliphatic heterocycles. The van der Waals surface area contributed by atoms with Gasteiger partial charge in [-0.05, 0) is 24.6 Å². The molecule has 7 heteroatoms. The molecule has 1 rings (SSSR count). The first-order valence-corrected chi connectivity index (χ1v) is 8.90. The van der Waals surface area contributed by atoms with Crippen molar-refractivity contribution in [1.82, 2.24) is 10.0 Å². The summed E-state index contributed by atoms with van der Waals surface area (Å²) in [6, 6.07) is 4.39. The van der Waals surface area contributed by atoms with E-state index < -0.39 is 10.0 Å². The number of hydrogen-bond acceptors (Lipinski definition) is 4. The minimum absolute atomic E-state index is 0.0296. The predicted octanol–water partition coefficient (Wildman–Crippen LogP) is 1.91. The quantitative estimate of drug-likeness (QED) is 0.678. The van der Waals surface area contributed by atoms with Crippen molar-refractivity contribution >= 4 is 15.9 Å². The van der Waals surface area contributed by atoms with Crippen LogP contribution in [0.25, 0.3) is 0 Å². The molecule has 1 aromatic carbocycles. The number of hydrogen-bond donors (Lipinski definition) is 2. The summed E-state index contributed by atoms with van der Waals surface area (Å²) >= 11 is 0. The molecule has 22 heavy (non-hydrogen) atoms. The topological polar surface area (TPSA) is 84.5 Å². The van der Waals surface area contributed by atoms with Crippen molar-refractivity contribution in [3.05, 3.63) is 23.8 Å². The Labute approximate surface area is 132 Å². The minimum Gasteiger partial charge on any atom is -0.495 e. The molecule has 0 bridgehead atoms. The number of amides is 1. The van der Waals surface area contributed by atoms with Crippen LogP contribution in [-0.2, 0) is 10.0 Å². The Bertz CT molecular complexity index is 600. The molecule has 1 amide bonds. The lowest BCUT2D eigenvalue weighted by Crippen LogP contribution is -2.26. The van der Waals surface area contributed by atoms with Gasteiger partial charge in [-0.15, -0.1) is 0 Å². The largest absolute Gasteiger partial charge is 0.495 e. The van der Waals surface area contributed by atoms with Crippen molar-refractivity contribution in [3.63, 3.8) is 0 Å². The molecule has 6 nitrogen and oxygen atoms in total. The number of methoxy groups -OCH3 is 1. The minimum atomic E-state index is -3.69. The molecule has 2 N–H and O–H groups in total. The highest BCUT2D eigenvalue weighted by Gasteiger charge is 2.20. The normalized spacial score (nSPS) is 11.2. The van der Waals surface area contributed by atoms with Gasteiger partial charge in [0.25, 0.3) is 5.91 Å². The highest BCUT2D eigenvalue weighted by molar-refractivity contribution is 7.89. The SMILES string of the molecule is CCCCCNC(=O)c1ccc(OC)c(S(=O)(=O)NCC)c1. The number of sulfonamides is 1. The predicted molar refractivity (Wildman–Crippen MR) is 85.7 cm³/mol. The Morgan fingerprint density at radius 2 is 1.95 bits per heavy atom. The van der Waals surface area contributed by atoms with Crippen LogP contribution >= 0.6 is 0 Å². The molecule has 0 aromatic heterocycles. The van der Waals surface area contributed by atoms with E-state index in [0.717, 1.165) is 19.3 Å². The van der Waals surface area contributed by atoms with Crippen LogP contribution in [0.1, 0.15) is 43.5 Å². The monoisotopic (exact) mass is 328 g/mol. The molecule has 0 radical (unpaired) electrons. The van der Waals surface area contributed by atoms with Gasteiger partial charge in [-0.2, -0.15) is 0 Å². The van der Waals surface area contributed by atoms with Crippen LogP contribution in [0.4, 0.5) is 0 Å². The number of nitrogens with one attached hydrogen (secondary N) is 2. The van der Waals surface area contributed by atoms with Gasteiger partial charge in [0.15, 0.2) is 0 Å². The van der Waals surface area contributed by atoms with Gasteiger partial charge < -0.3 is 10.1 Å². The summed E-state index contributed by atoms with van der Waals surface area (Å²) < 4.78 is 31.8. The first kappa shape index (κ1) is 18.4. The summed E-state index contributed by atoms with van der Waals surface area (Å²) in [4.78, 5) is 12.0. The summed E-state index contributed by atoms with van der Waals surface area (Å²) in [7, 11) is -2.30. The number of unbranched alkanes of at least 4 members (excludes halogenated alkanes) is 2. The van der Waals surface area contributed by atoms with Crippen LogP contribution in [-0.4, -0.2) is 34.5 Å². The first-order valence-electron chi connectivity index (χ1n) is 7.42. The second-order valence-electron chi connectivity index (χ2n) is 4.83. The molecule has 0 aliphatic rings. The van der Waals surface area contributed by atoms with Crippen LogP contribution in [0.5, 0.6) is 5.75 Å². The van der Waals surface area contributed by atoms with Gasteiger partial charge in [-0.3, -0.25) is 4.79 Å². The van der Waals surface area contributed by atoms with Crippen molar-refractivity contribution in [1.29, 1.82) is 0 Å². The average molecular weight is 328 g/mol. The van der Waals surface area contributed by atoms with Crippen LogP contribution < -0.4 is 14.8 Å². The fourth-order valence-corrected chi connectivity index (χ4v) is 3.21. The molecular formula is C15H24N2O4S. The Kier molecular flexibility index (Phi) is 7.34. The van der Waals surface area contributed by atoms with Crippen LogP contribution in [0.3, 0.4) is 0 Å². The Morgan fingerprint density at radius 3 is 2.55 bits per heavy atom. The van der Waals surface area contributed by atoms with Gasteiger partial charge in [0.2, 0.25) is 10.0 Å². The molecule has 0 saturated carbocycles. The molecule has 0 fully saturated rings. The Balaban J connectivity index is 2.97. The van der Waals surface area contributed by atoms with E-state index in [2.05, 4.69) is 17.0 Å². The van der Waals surface area contributed by atoms with Crippen molar-refractivity contribution in [2.45, 2.75) is 38.0 Å². The number of ether oxygens (including phenoxy) is 1. The van der Waals surface area contributed by atoms with Gasteiger partial charge in [0.1, 0.15) is 10.6 Å². The molecule has 1 aromatic rings. The third-order valence-corrected chi connectivity index (χ3v) is 4.68. The van der Waals surface area contributed by atoms with E-state index >= 15 is 0 Å². The molecular weight excluding hydrogens is 304 g/mol. The second-order valence-corrected chi connectivity index (χ2v) is 6.57. The zero-order valence-electron chi connectivity index (χ0n) is 13.3. The van der Waals surface area contributed by atoms with E-state index in [1.807, 2.05) is 0 Å². The highest BCUT2D eigenvalue weighted by atomic mass is 32.2. The maximum Gasteiger partial charge on any atom is 0.251 e. The van der Waals surface area contributed by atoms with E-state index in [1.165, 1.54) is 19.2 Å². The van der Waals surface area contributed by atoms with Gasteiger partial charge in [0.05, 0.1) is 7.11 Å². The van der Waals surface area contributed by atoms with Gasteiger partial charge in [-0.25, -0.2) is 13.1 Å². The van der Waals surface area contributed by atoms with E-state index in [4.69, 9.17) is 4.74 Å². The lowest BCUT2D eigenvalue weighted by molar-refractivity contribution is 0.0952. The number of carbonyl (C=O) groups is 1. The second kappa shape index (κ2) is 8.75. The molecule has 0 atom stereocenters. The van der Waals surface area contributed by atoms with Crippen LogP contribution in [0.2, 0.25) is 0 Å². The van der Waals surface area contributed by atoms with E-state index in [0.29, 0.717) is 12.1 Å². The Hall–Kier alpha value is -1.60. The third kappa shape index (κ3) is 4.99. The molecule has 0 saturated heterocycles. The summed E-state index contributed by atoms with van der Waals surface area (Å²) in [6.45, 7) is 4.62. The number of rotatable bonds is 9. The van der Waals surface area contributed by atoms with Gasteiger partial charge in [0, 0.05) is 18.7 Å². The van der Waals surface area contributed by atoms with E-state index in [1.54, 1.807) is 13.0 Å². The lowest BCUT2D eigenvalue weighted by atomic mass is 10.2. The van der Waals surface area contributed by atoms with E-state index in [9.17, 15) is 13.2 Å². The van der Waals surface area contributed by atoms with Crippen molar-refractivity contribution in [3.8, 4) is 5.75 Å². The van der Waals surface area contributed by atoms with E-state index in [-0.39, 0.29) is 23.1 Å². The smallest absolute Gasteiger partial charge is 0.251 e. The fraction of sp³-hybridized carbons (Fsp3) is 0.533. The van der Waals surface area contributed by atoms with Gasteiger partial charge >= 0.3 is 0 Å². The molecule has 0 aliphatic carbocycles. The molecule has 0 unspecified atom stereocenters. The van der Waals surface area contributed by atoms with Crippen molar-refractivity contribution in [2.24, 2.45) is 0 Å².